The van der Waals surface area contributed by atoms with Crippen LogP contribution < -0.4 is 5.32 Å². The summed E-state index contributed by atoms with van der Waals surface area (Å²) in [7, 11) is 0. The van der Waals surface area contributed by atoms with Gasteiger partial charge < -0.3 is 5.32 Å². The van der Waals surface area contributed by atoms with E-state index in [9.17, 15) is 4.79 Å². The van der Waals surface area contributed by atoms with Crippen LogP contribution >= 0.6 is 15.9 Å². The lowest BCUT2D eigenvalue weighted by Crippen LogP contribution is -2.17. The van der Waals surface area contributed by atoms with Gasteiger partial charge in [0.05, 0.1) is 11.6 Å². The lowest BCUT2D eigenvalue weighted by molar-refractivity contribution is -0.117. The van der Waals surface area contributed by atoms with Crippen LogP contribution in [0.3, 0.4) is 0 Å². The molecule has 1 amide bonds. The van der Waals surface area contributed by atoms with Crippen molar-refractivity contribution in [2.45, 2.75) is 44.4 Å². The lowest BCUT2D eigenvalue weighted by atomic mass is 9.81. The summed E-state index contributed by atoms with van der Waals surface area (Å²) in [5.74, 6) is 0.988. The van der Waals surface area contributed by atoms with Gasteiger partial charge in [0.1, 0.15) is 0 Å². The van der Waals surface area contributed by atoms with Gasteiger partial charge >= 0.3 is 0 Å². The van der Waals surface area contributed by atoms with Crippen LogP contribution in [0.2, 0.25) is 0 Å². The fourth-order valence-electron chi connectivity index (χ4n) is 3.30. The van der Waals surface area contributed by atoms with Crippen molar-refractivity contribution in [2.24, 2.45) is 5.92 Å². The van der Waals surface area contributed by atoms with Crippen molar-refractivity contribution in [3.8, 4) is 0 Å². The zero-order valence-corrected chi connectivity index (χ0v) is 12.0. The van der Waals surface area contributed by atoms with Crippen molar-refractivity contribution in [3.63, 3.8) is 0 Å². The standard InChI is InChI=1S/C15H18BrNO/c16-13-8-4-7-11-12(15(18)17-14(11)13)9-10-5-2-1-3-6-10/h4,7-8,10,12H,1-3,5-6,9H2,(H,17,18). The first-order chi connectivity index (χ1) is 8.75. The number of benzene rings is 1. The molecule has 3 heteroatoms. The van der Waals surface area contributed by atoms with Crippen molar-refractivity contribution in [2.75, 3.05) is 5.32 Å². The van der Waals surface area contributed by atoms with E-state index in [-0.39, 0.29) is 11.8 Å². The van der Waals surface area contributed by atoms with Crippen molar-refractivity contribution in [1.82, 2.24) is 0 Å². The Hall–Kier alpha value is -0.830. The van der Waals surface area contributed by atoms with Gasteiger partial charge in [-0.25, -0.2) is 0 Å². The Balaban J connectivity index is 1.81. The van der Waals surface area contributed by atoms with Crippen LogP contribution in [0.5, 0.6) is 0 Å². The van der Waals surface area contributed by atoms with Gasteiger partial charge in [0.2, 0.25) is 5.91 Å². The fraction of sp³-hybridized carbons (Fsp3) is 0.533. The van der Waals surface area contributed by atoms with Crippen molar-refractivity contribution in [1.29, 1.82) is 0 Å². The molecule has 1 N–H and O–H groups in total. The third kappa shape index (κ3) is 2.20. The molecule has 1 unspecified atom stereocenters. The molecule has 1 aromatic carbocycles. The average Bonchev–Trinajstić information content (AvgIpc) is 2.70. The molecule has 0 saturated heterocycles. The summed E-state index contributed by atoms with van der Waals surface area (Å²) in [5.41, 5.74) is 2.17. The van der Waals surface area contributed by atoms with Gasteiger partial charge in [0.25, 0.3) is 0 Å². The van der Waals surface area contributed by atoms with E-state index in [1.54, 1.807) is 0 Å². The molecule has 1 atom stereocenters. The number of rotatable bonds is 2. The van der Waals surface area contributed by atoms with Crippen LogP contribution in [0.15, 0.2) is 22.7 Å². The first-order valence-electron chi connectivity index (χ1n) is 6.85. The third-order valence-electron chi connectivity index (χ3n) is 4.28. The zero-order valence-electron chi connectivity index (χ0n) is 10.4. The highest BCUT2D eigenvalue weighted by Gasteiger charge is 2.33. The molecule has 96 valence electrons. The minimum Gasteiger partial charge on any atom is -0.324 e. The van der Waals surface area contributed by atoms with Crippen molar-refractivity contribution in [3.05, 3.63) is 28.2 Å². The summed E-state index contributed by atoms with van der Waals surface area (Å²) in [5, 5.41) is 3.02. The molecule has 1 fully saturated rings. The number of carbonyl (C=O) groups is 1. The topological polar surface area (TPSA) is 29.1 Å². The monoisotopic (exact) mass is 307 g/mol. The molecule has 1 saturated carbocycles. The van der Waals surface area contributed by atoms with E-state index in [1.165, 1.54) is 37.7 Å². The van der Waals surface area contributed by atoms with Crippen molar-refractivity contribution >= 4 is 27.5 Å². The molecule has 0 radical (unpaired) electrons. The van der Waals surface area contributed by atoms with E-state index >= 15 is 0 Å². The molecule has 18 heavy (non-hydrogen) atoms. The smallest absolute Gasteiger partial charge is 0.232 e. The highest BCUT2D eigenvalue weighted by atomic mass is 79.9. The summed E-state index contributed by atoms with van der Waals surface area (Å²) >= 11 is 3.51. The van der Waals surface area contributed by atoms with Gasteiger partial charge in [0, 0.05) is 4.47 Å². The van der Waals surface area contributed by atoms with E-state index in [0.29, 0.717) is 0 Å². The maximum Gasteiger partial charge on any atom is 0.232 e. The molecule has 2 nitrogen and oxygen atoms in total. The quantitative estimate of drug-likeness (QED) is 0.859. The predicted molar refractivity (Wildman–Crippen MR) is 76.7 cm³/mol. The van der Waals surface area contributed by atoms with Crippen LogP contribution in [0, 0.1) is 5.92 Å². The Bertz CT molecular complexity index is 466. The Morgan fingerprint density at radius 1 is 1.22 bits per heavy atom. The summed E-state index contributed by atoms with van der Waals surface area (Å²) in [6.45, 7) is 0. The Labute approximate surface area is 116 Å². The van der Waals surface area contributed by atoms with Crippen LogP contribution in [-0.2, 0) is 4.79 Å². The number of fused-ring (bicyclic) bond motifs is 1. The average molecular weight is 308 g/mol. The second-order valence-corrected chi connectivity index (χ2v) is 6.34. The molecule has 1 aromatic rings. The van der Waals surface area contributed by atoms with Gasteiger partial charge in [-0.3, -0.25) is 4.79 Å². The SMILES string of the molecule is O=C1Nc2c(Br)cccc2C1CC1CCCCC1. The summed E-state index contributed by atoms with van der Waals surface area (Å²) in [4.78, 5) is 12.1. The van der Waals surface area contributed by atoms with E-state index in [0.717, 1.165) is 22.5 Å². The minimum atomic E-state index is 0.0700. The minimum absolute atomic E-state index is 0.0700. The Morgan fingerprint density at radius 2 is 2.00 bits per heavy atom. The number of nitrogens with one attached hydrogen (secondary N) is 1. The number of carbonyl (C=O) groups excluding carboxylic acids is 1. The number of hydrogen-bond donors (Lipinski definition) is 1. The van der Waals surface area contributed by atoms with Gasteiger partial charge in [-0.2, -0.15) is 0 Å². The molecule has 0 bridgehead atoms. The van der Waals surface area contributed by atoms with Gasteiger partial charge in [-0.1, -0.05) is 44.2 Å². The van der Waals surface area contributed by atoms with Gasteiger partial charge in [0.15, 0.2) is 0 Å². The number of hydrogen-bond acceptors (Lipinski definition) is 1. The van der Waals surface area contributed by atoms with Crippen LogP contribution in [0.1, 0.15) is 50.0 Å². The van der Waals surface area contributed by atoms with Crippen LogP contribution in [-0.4, -0.2) is 5.91 Å². The normalized spacial score (nSPS) is 23.8. The van der Waals surface area contributed by atoms with Gasteiger partial charge in [-0.05, 0) is 39.9 Å². The van der Waals surface area contributed by atoms with Crippen LogP contribution in [0.25, 0.3) is 0 Å². The molecule has 2 aliphatic rings. The van der Waals surface area contributed by atoms with E-state index in [1.807, 2.05) is 12.1 Å². The first kappa shape index (κ1) is 12.2. The molecule has 3 rings (SSSR count). The number of halogens is 1. The first-order valence-corrected chi connectivity index (χ1v) is 7.64. The highest BCUT2D eigenvalue weighted by molar-refractivity contribution is 9.10. The number of anilines is 1. The summed E-state index contributed by atoms with van der Waals surface area (Å²) < 4.78 is 1.000. The van der Waals surface area contributed by atoms with E-state index in [4.69, 9.17) is 0 Å². The second kappa shape index (κ2) is 5.04. The molecular formula is C15H18BrNO. The molecule has 0 aromatic heterocycles. The molecule has 1 heterocycles. The highest BCUT2D eigenvalue weighted by Crippen LogP contribution is 2.42. The predicted octanol–water partition coefficient (Wildman–Crippen LogP) is 4.46. The maximum atomic E-state index is 12.1. The van der Waals surface area contributed by atoms with Gasteiger partial charge in [-0.15, -0.1) is 0 Å². The number of para-hydroxylation sites is 1. The fourth-order valence-corrected chi connectivity index (χ4v) is 3.79. The van der Waals surface area contributed by atoms with Crippen LogP contribution in [0.4, 0.5) is 5.69 Å². The van der Waals surface area contributed by atoms with E-state index < -0.39 is 0 Å². The summed E-state index contributed by atoms with van der Waals surface area (Å²) in [6, 6.07) is 6.10. The molecule has 1 aliphatic heterocycles. The van der Waals surface area contributed by atoms with Crippen molar-refractivity contribution < 1.29 is 4.79 Å². The third-order valence-corrected chi connectivity index (χ3v) is 4.94. The largest absolute Gasteiger partial charge is 0.324 e. The Morgan fingerprint density at radius 3 is 2.78 bits per heavy atom. The second-order valence-electron chi connectivity index (χ2n) is 5.49. The summed E-state index contributed by atoms with van der Waals surface area (Å²) in [6.07, 6.45) is 7.67. The molecule has 1 aliphatic carbocycles. The maximum absolute atomic E-state index is 12.1. The zero-order chi connectivity index (χ0) is 12.5. The Kier molecular flexibility index (Phi) is 3.42. The number of amides is 1. The van der Waals surface area contributed by atoms with E-state index in [2.05, 4.69) is 27.3 Å². The molecule has 0 spiro atoms. The lowest BCUT2D eigenvalue weighted by Gasteiger charge is -2.23. The molecular weight excluding hydrogens is 290 g/mol.